The van der Waals surface area contributed by atoms with Crippen LogP contribution in [-0.2, 0) is 27.8 Å². The molecule has 2 aromatic rings. The normalized spacial score (nSPS) is 15.3. The molecule has 0 bridgehead atoms. The lowest BCUT2D eigenvalue weighted by Gasteiger charge is -2.03. The van der Waals surface area contributed by atoms with Crippen molar-refractivity contribution in [3.63, 3.8) is 0 Å². The minimum atomic E-state index is -3.31. The minimum Gasteiger partial charge on any atom is -0.245 e. The predicted molar refractivity (Wildman–Crippen MR) is 83.1 cm³/mol. The number of hydrogen-bond acceptors (Lipinski definition) is 7. The molecule has 1 aliphatic rings. The van der Waals surface area contributed by atoms with Crippen molar-refractivity contribution in [1.82, 2.24) is 25.2 Å². The molecule has 1 aliphatic carbocycles. The molecule has 2 heterocycles. The van der Waals surface area contributed by atoms with Crippen LogP contribution in [0.2, 0.25) is 0 Å². The van der Waals surface area contributed by atoms with Gasteiger partial charge in [0.1, 0.15) is 5.75 Å². The molecule has 1 saturated carbocycles. The molecule has 0 aliphatic heterocycles. The summed E-state index contributed by atoms with van der Waals surface area (Å²) < 4.78 is 26.3. The van der Waals surface area contributed by atoms with Crippen LogP contribution in [0.4, 0.5) is 0 Å². The van der Waals surface area contributed by atoms with E-state index >= 15 is 0 Å². The standard InChI is InChI=1S/C13H19N5O2S2/c1-2-3-4-13-14-10(7-21-13)8-22(19,20)9-12-15-16-17-18(12)11-5-6-11/h7,11H,2-6,8-9H2,1H3. The first-order valence-electron chi connectivity index (χ1n) is 7.48. The molecule has 120 valence electrons. The third-order valence-electron chi connectivity index (χ3n) is 3.51. The molecule has 9 heteroatoms. The summed E-state index contributed by atoms with van der Waals surface area (Å²) in [6, 6.07) is 0.278. The van der Waals surface area contributed by atoms with Gasteiger partial charge in [0.05, 0.1) is 22.5 Å². The van der Waals surface area contributed by atoms with Gasteiger partial charge in [-0.3, -0.25) is 0 Å². The van der Waals surface area contributed by atoms with Gasteiger partial charge < -0.3 is 0 Å². The second-order valence-electron chi connectivity index (χ2n) is 5.64. The first-order chi connectivity index (χ1) is 10.6. The van der Waals surface area contributed by atoms with Crippen molar-refractivity contribution in [1.29, 1.82) is 0 Å². The van der Waals surface area contributed by atoms with Crippen LogP contribution in [-0.4, -0.2) is 33.6 Å². The van der Waals surface area contributed by atoms with Gasteiger partial charge in [0, 0.05) is 5.38 Å². The van der Waals surface area contributed by atoms with Crippen molar-refractivity contribution in [2.24, 2.45) is 0 Å². The molecule has 0 saturated heterocycles. The zero-order chi connectivity index (χ0) is 15.6. The molecule has 2 aromatic heterocycles. The molecule has 0 unspecified atom stereocenters. The smallest absolute Gasteiger partial charge is 0.166 e. The summed E-state index contributed by atoms with van der Waals surface area (Å²) in [5, 5.41) is 14.2. The molecule has 1 fully saturated rings. The Labute approximate surface area is 133 Å². The van der Waals surface area contributed by atoms with E-state index in [0.717, 1.165) is 37.1 Å². The largest absolute Gasteiger partial charge is 0.245 e. The monoisotopic (exact) mass is 341 g/mol. The average molecular weight is 341 g/mol. The third-order valence-corrected chi connectivity index (χ3v) is 5.91. The number of unbranched alkanes of at least 4 members (excludes halogenated alkanes) is 1. The second-order valence-corrected chi connectivity index (χ2v) is 8.65. The van der Waals surface area contributed by atoms with E-state index in [2.05, 4.69) is 27.4 Å². The highest BCUT2D eigenvalue weighted by Crippen LogP contribution is 2.34. The van der Waals surface area contributed by atoms with Crippen molar-refractivity contribution in [3.05, 3.63) is 21.9 Å². The summed E-state index contributed by atoms with van der Waals surface area (Å²) >= 11 is 1.54. The van der Waals surface area contributed by atoms with Crippen LogP contribution in [0.25, 0.3) is 0 Å². The van der Waals surface area contributed by atoms with Gasteiger partial charge in [-0.15, -0.1) is 16.4 Å². The number of aromatic nitrogens is 5. The fourth-order valence-electron chi connectivity index (χ4n) is 2.24. The summed E-state index contributed by atoms with van der Waals surface area (Å²) in [4.78, 5) is 4.41. The van der Waals surface area contributed by atoms with E-state index < -0.39 is 9.84 Å². The number of sulfone groups is 1. The van der Waals surface area contributed by atoms with Crippen molar-refractivity contribution in [3.8, 4) is 0 Å². The maximum Gasteiger partial charge on any atom is 0.166 e. The molecule has 22 heavy (non-hydrogen) atoms. The average Bonchev–Trinajstić information content (AvgIpc) is 3.05. The summed E-state index contributed by atoms with van der Waals surface area (Å²) in [5.41, 5.74) is 0.626. The van der Waals surface area contributed by atoms with E-state index in [1.165, 1.54) is 11.3 Å². The van der Waals surface area contributed by atoms with Crippen LogP contribution in [0.15, 0.2) is 5.38 Å². The fraction of sp³-hybridized carbons (Fsp3) is 0.692. The Morgan fingerprint density at radius 3 is 2.91 bits per heavy atom. The lowest BCUT2D eigenvalue weighted by atomic mass is 10.3. The van der Waals surface area contributed by atoms with Crippen LogP contribution in [0.3, 0.4) is 0 Å². The Morgan fingerprint density at radius 1 is 1.36 bits per heavy atom. The zero-order valence-electron chi connectivity index (χ0n) is 12.5. The molecular weight excluding hydrogens is 322 g/mol. The zero-order valence-corrected chi connectivity index (χ0v) is 14.1. The summed E-state index contributed by atoms with van der Waals surface area (Å²) in [6.45, 7) is 2.13. The van der Waals surface area contributed by atoms with Gasteiger partial charge in [-0.05, 0) is 36.1 Å². The molecule has 0 aromatic carbocycles. The number of nitrogens with zero attached hydrogens (tertiary/aromatic N) is 5. The van der Waals surface area contributed by atoms with E-state index in [-0.39, 0.29) is 17.5 Å². The number of rotatable bonds is 8. The Hall–Kier alpha value is -1.35. The molecular formula is C13H19N5O2S2. The van der Waals surface area contributed by atoms with Crippen molar-refractivity contribution < 1.29 is 8.42 Å². The van der Waals surface area contributed by atoms with Crippen LogP contribution in [0, 0.1) is 0 Å². The van der Waals surface area contributed by atoms with Gasteiger partial charge in [0.25, 0.3) is 0 Å². The summed E-state index contributed by atoms with van der Waals surface area (Å²) in [5.74, 6) is 0.259. The molecule has 0 atom stereocenters. The molecule has 0 radical (unpaired) electrons. The topological polar surface area (TPSA) is 90.6 Å². The maximum absolute atomic E-state index is 12.3. The van der Waals surface area contributed by atoms with Crippen molar-refractivity contribution >= 4 is 21.2 Å². The molecule has 3 rings (SSSR count). The van der Waals surface area contributed by atoms with E-state index in [9.17, 15) is 8.42 Å². The van der Waals surface area contributed by atoms with E-state index in [0.29, 0.717) is 11.5 Å². The van der Waals surface area contributed by atoms with E-state index in [4.69, 9.17) is 0 Å². The Balaban J connectivity index is 1.65. The number of thiazole rings is 1. The first kappa shape index (κ1) is 15.5. The van der Waals surface area contributed by atoms with Gasteiger partial charge in [-0.2, -0.15) is 0 Å². The first-order valence-corrected chi connectivity index (χ1v) is 10.2. The fourth-order valence-corrected chi connectivity index (χ4v) is 4.47. The number of tetrazole rings is 1. The van der Waals surface area contributed by atoms with Crippen LogP contribution >= 0.6 is 11.3 Å². The highest BCUT2D eigenvalue weighted by atomic mass is 32.2. The molecule has 0 spiro atoms. The minimum absolute atomic E-state index is 0.0485. The lowest BCUT2D eigenvalue weighted by molar-refractivity contribution is 0.573. The van der Waals surface area contributed by atoms with Crippen LogP contribution < -0.4 is 0 Å². The quantitative estimate of drug-likeness (QED) is 0.728. The number of hydrogen-bond donors (Lipinski definition) is 0. The van der Waals surface area contributed by atoms with E-state index in [1.54, 1.807) is 4.68 Å². The molecule has 0 N–H and O–H groups in total. The van der Waals surface area contributed by atoms with Gasteiger partial charge in [0.15, 0.2) is 15.7 Å². The lowest BCUT2D eigenvalue weighted by Crippen LogP contribution is -2.13. The Kier molecular flexibility index (Phi) is 4.53. The maximum atomic E-state index is 12.3. The molecule has 0 amide bonds. The van der Waals surface area contributed by atoms with Gasteiger partial charge in [-0.25, -0.2) is 18.1 Å². The highest BCUT2D eigenvalue weighted by molar-refractivity contribution is 7.89. The summed E-state index contributed by atoms with van der Waals surface area (Å²) in [7, 11) is -3.31. The second kappa shape index (κ2) is 6.41. The highest BCUT2D eigenvalue weighted by Gasteiger charge is 2.29. The van der Waals surface area contributed by atoms with Crippen molar-refractivity contribution in [2.75, 3.05) is 0 Å². The Morgan fingerprint density at radius 2 is 2.18 bits per heavy atom. The summed E-state index contributed by atoms with van der Waals surface area (Å²) in [6.07, 6.45) is 5.14. The molecule has 7 nitrogen and oxygen atoms in total. The Bertz CT molecular complexity index is 733. The van der Waals surface area contributed by atoms with Crippen molar-refractivity contribution in [2.45, 2.75) is 56.6 Å². The third kappa shape index (κ3) is 3.89. The van der Waals surface area contributed by atoms with Gasteiger partial charge in [-0.1, -0.05) is 13.3 Å². The SMILES string of the molecule is CCCCc1nc(CS(=O)(=O)Cc2nnnn2C2CC2)cs1. The van der Waals surface area contributed by atoms with Crippen LogP contribution in [0.5, 0.6) is 0 Å². The predicted octanol–water partition coefficient (Wildman–Crippen LogP) is 1.92. The van der Waals surface area contributed by atoms with Gasteiger partial charge >= 0.3 is 0 Å². The van der Waals surface area contributed by atoms with Gasteiger partial charge in [0.2, 0.25) is 0 Å². The van der Waals surface area contributed by atoms with Crippen LogP contribution in [0.1, 0.15) is 55.2 Å². The number of aryl methyl sites for hydroxylation is 1. The van der Waals surface area contributed by atoms with E-state index in [1.807, 2.05) is 5.38 Å².